The van der Waals surface area contributed by atoms with E-state index in [1.54, 1.807) is 0 Å². The lowest BCUT2D eigenvalue weighted by Crippen LogP contribution is -2.41. The summed E-state index contributed by atoms with van der Waals surface area (Å²) in [4.78, 5) is 2.18. The molecular formula is C17H16BrClN4. The molecule has 1 aromatic carbocycles. The summed E-state index contributed by atoms with van der Waals surface area (Å²) in [6.45, 7) is 1.60. The molecule has 3 rings (SSSR count). The van der Waals surface area contributed by atoms with E-state index in [1.165, 1.54) is 0 Å². The van der Waals surface area contributed by atoms with Crippen LogP contribution in [0.5, 0.6) is 0 Å². The average Bonchev–Trinajstić information content (AvgIpc) is 2.58. The van der Waals surface area contributed by atoms with Crippen LogP contribution >= 0.6 is 27.5 Å². The minimum Gasteiger partial charge on any atom is -0.355 e. The van der Waals surface area contributed by atoms with Crippen molar-refractivity contribution in [2.75, 3.05) is 18.0 Å². The Morgan fingerprint density at radius 2 is 1.91 bits per heavy atom. The fourth-order valence-electron chi connectivity index (χ4n) is 2.98. The predicted molar refractivity (Wildman–Crippen MR) is 94.4 cm³/mol. The Morgan fingerprint density at radius 3 is 2.52 bits per heavy atom. The maximum atomic E-state index is 9.74. The van der Waals surface area contributed by atoms with Crippen molar-refractivity contribution in [2.45, 2.75) is 19.3 Å². The molecule has 1 aromatic heterocycles. The Balaban J connectivity index is 1.71. The molecule has 0 atom stereocenters. The molecule has 0 aliphatic carbocycles. The SMILES string of the molecule is N#CC1(Cc2ccccc2Cl)CCN(c2ccc(Br)nn2)CC1. The molecule has 0 radical (unpaired) electrons. The van der Waals surface area contributed by atoms with Crippen LogP contribution < -0.4 is 4.90 Å². The lowest BCUT2D eigenvalue weighted by molar-refractivity contribution is 0.301. The minimum absolute atomic E-state index is 0.357. The fraction of sp³-hybridized carbons (Fsp3) is 0.353. The normalized spacial score (nSPS) is 16.8. The molecule has 4 nitrogen and oxygen atoms in total. The summed E-state index contributed by atoms with van der Waals surface area (Å²) in [6.07, 6.45) is 2.29. The molecule has 0 bridgehead atoms. The first-order valence-electron chi connectivity index (χ1n) is 7.51. The van der Waals surface area contributed by atoms with E-state index in [1.807, 2.05) is 36.4 Å². The summed E-state index contributed by atoms with van der Waals surface area (Å²) in [7, 11) is 0. The van der Waals surface area contributed by atoms with Crippen molar-refractivity contribution in [3.8, 4) is 6.07 Å². The third kappa shape index (κ3) is 3.65. The van der Waals surface area contributed by atoms with Gasteiger partial charge in [-0.25, -0.2) is 0 Å². The lowest BCUT2D eigenvalue weighted by Gasteiger charge is -2.38. The standard InChI is InChI=1S/C17H16BrClN4/c18-15-5-6-16(22-21-15)23-9-7-17(12-20,8-10-23)11-13-3-1-2-4-14(13)19/h1-6H,7-11H2. The highest BCUT2D eigenvalue weighted by Gasteiger charge is 2.35. The van der Waals surface area contributed by atoms with Gasteiger partial charge in [0.05, 0.1) is 11.5 Å². The average molecular weight is 392 g/mol. The van der Waals surface area contributed by atoms with Crippen LogP contribution in [0.1, 0.15) is 18.4 Å². The Morgan fingerprint density at radius 1 is 1.17 bits per heavy atom. The van der Waals surface area contributed by atoms with Gasteiger partial charge in [0.25, 0.3) is 0 Å². The first-order valence-corrected chi connectivity index (χ1v) is 8.68. The van der Waals surface area contributed by atoms with Crippen LogP contribution in [0.15, 0.2) is 41.0 Å². The van der Waals surface area contributed by atoms with Crippen molar-refractivity contribution < 1.29 is 0 Å². The van der Waals surface area contributed by atoms with Gasteiger partial charge in [-0.2, -0.15) is 5.26 Å². The molecule has 0 spiro atoms. The van der Waals surface area contributed by atoms with E-state index >= 15 is 0 Å². The van der Waals surface area contributed by atoms with E-state index in [0.29, 0.717) is 6.42 Å². The van der Waals surface area contributed by atoms with Gasteiger partial charge in [0.15, 0.2) is 5.82 Å². The van der Waals surface area contributed by atoms with E-state index < -0.39 is 0 Å². The number of nitriles is 1. The molecule has 1 saturated heterocycles. The topological polar surface area (TPSA) is 52.8 Å². The summed E-state index contributed by atoms with van der Waals surface area (Å²) in [6, 6.07) is 14.2. The molecule has 1 fully saturated rings. The van der Waals surface area contributed by atoms with Gasteiger partial charge in [0.2, 0.25) is 0 Å². The van der Waals surface area contributed by atoms with E-state index in [4.69, 9.17) is 11.6 Å². The van der Waals surface area contributed by atoms with Crippen LogP contribution in [0.3, 0.4) is 0 Å². The van der Waals surface area contributed by atoms with Crippen molar-refractivity contribution >= 4 is 33.3 Å². The monoisotopic (exact) mass is 390 g/mol. The summed E-state index contributed by atoms with van der Waals surface area (Å²) in [5.41, 5.74) is 0.692. The second-order valence-electron chi connectivity index (χ2n) is 5.86. The molecule has 23 heavy (non-hydrogen) atoms. The highest BCUT2D eigenvalue weighted by molar-refractivity contribution is 9.10. The van der Waals surface area contributed by atoms with Gasteiger partial charge in [-0.15, -0.1) is 10.2 Å². The Bertz CT molecular complexity index is 718. The van der Waals surface area contributed by atoms with Crippen LogP contribution in [0, 0.1) is 16.7 Å². The van der Waals surface area contributed by atoms with E-state index in [0.717, 1.165) is 46.9 Å². The number of halogens is 2. The first-order chi connectivity index (χ1) is 11.1. The molecule has 118 valence electrons. The number of anilines is 1. The lowest BCUT2D eigenvalue weighted by atomic mass is 9.75. The van der Waals surface area contributed by atoms with E-state index in [2.05, 4.69) is 37.1 Å². The van der Waals surface area contributed by atoms with Crippen LogP contribution in [0.2, 0.25) is 5.02 Å². The van der Waals surface area contributed by atoms with Crippen molar-refractivity contribution in [1.29, 1.82) is 5.26 Å². The molecule has 2 heterocycles. The van der Waals surface area contributed by atoms with Gasteiger partial charge >= 0.3 is 0 Å². The summed E-state index contributed by atoms with van der Waals surface area (Å²) >= 11 is 9.55. The molecule has 0 amide bonds. The quantitative estimate of drug-likeness (QED) is 0.785. The molecule has 0 unspecified atom stereocenters. The molecule has 1 aliphatic rings. The summed E-state index contributed by atoms with van der Waals surface area (Å²) in [5.74, 6) is 0.859. The molecule has 2 aromatic rings. The third-order valence-corrected chi connectivity index (χ3v) is 5.18. The summed E-state index contributed by atoms with van der Waals surface area (Å²) in [5, 5.41) is 18.7. The van der Waals surface area contributed by atoms with Gasteiger partial charge in [-0.05, 0) is 59.0 Å². The zero-order chi connectivity index (χ0) is 16.3. The molecule has 1 aliphatic heterocycles. The number of benzene rings is 1. The number of hydrogen-bond acceptors (Lipinski definition) is 4. The van der Waals surface area contributed by atoms with Crippen LogP contribution in [-0.4, -0.2) is 23.3 Å². The molecule has 0 N–H and O–H groups in total. The van der Waals surface area contributed by atoms with Crippen molar-refractivity contribution in [2.24, 2.45) is 5.41 Å². The third-order valence-electron chi connectivity index (χ3n) is 4.39. The zero-order valence-electron chi connectivity index (χ0n) is 12.5. The number of aromatic nitrogens is 2. The van der Waals surface area contributed by atoms with Crippen molar-refractivity contribution in [3.63, 3.8) is 0 Å². The van der Waals surface area contributed by atoms with Gasteiger partial charge in [-0.1, -0.05) is 29.8 Å². The maximum Gasteiger partial charge on any atom is 0.151 e. The van der Waals surface area contributed by atoms with Gasteiger partial charge < -0.3 is 4.90 Å². The smallest absolute Gasteiger partial charge is 0.151 e. The molecule has 0 saturated carbocycles. The van der Waals surface area contributed by atoms with Crippen LogP contribution in [0.4, 0.5) is 5.82 Å². The second-order valence-corrected chi connectivity index (χ2v) is 7.08. The largest absolute Gasteiger partial charge is 0.355 e. The summed E-state index contributed by atoms with van der Waals surface area (Å²) < 4.78 is 0.725. The highest BCUT2D eigenvalue weighted by Crippen LogP contribution is 2.37. The fourth-order valence-corrected chi connectivity index (χ4v) is 3.39. The van der Waals surface area contributed by atoms with Crippen LogP contribution in [0.25, 0.3) is 0 Å². The van der Waals surface area contributed by atoms with Gasteiger partial charge in [0.1, 0.15) is 4.60 Å². The van der Waals surface area contributed by atoms with Crippen molar-refractivity contribution in [1.82, 2.24) is 10.2 Å². The number of hydrogen-bond donors (Lipinski definition) is 0. The molecule has 6 heteroatoms. The molecular weight excluding hydrogens is 376 g/mol. The van der Waals surface area contributed by atoms with E-state index in [9.17, 15) is 5.26 Å². The highest BCUT2D eigenvalue weighted by atomic mass is 79.9. The van der Waals surface area contributed by atoms with Gasteiger partial charge in [-0.3, -0.25) is 0 Å². The number of rotatable bonds is 3. The Labute approximate surface area is 149 Å². The number of nitrogens with zero attached hydrogens (tertiary/aromatic N) is 4. The first kappa shape index (κ1) is 16.2. The van der Waals surface area contributed by atoms with Gasteiger partial charge in [0, 0.05) is 18.1 Å². The Hall–Kier alpha value is -1.64. The second kappa shape index (κ2) is 6.86. The predicted octanol–water partition coefficient (Wildman–Crippen LogP) is 4.25. The zero-order valence-corrected chi connectivity index (χ0v) is 14.9. The Kier molecular flexibility index (Phi) is 4.84. The minimum atomic E-state index is -0.357. The van der Waals surface area contributed by atoms with Crippen LogP contribution in [-0.2, 0) is 6.42 Å². The number of piperidine rings is 1. The van der Waals surface area contributed by atoms with E-state index in [-0.39, 0.29) is 5.41 Å². The van der Waals surface area contributed by atoms with Crippen molar-refractivity contribution in [3.05, 3.63) is 51.6 Å². The maximum absolute atomic E-state index is 9.74.